The average Bonchev–Trinajstić information content (AvgIpc) is 2.30. The minimum atomic E-state index is -0.863. The van der Waals surface area contributed by atoms with Crippen LogP contribution in [-0.2, 0) is 4.79 Å². The molecule has 0 aromatic rings. The van der Waals surface area contributed by atoms with Gasteiger partial charge in [-0.3, -0.25) is 4.39 Å². The third kappa shape index (κ3) is 15.1. The van der Waals surface area contributed by atoms with Gasteiger partial charge in [-0.25, -0.2) is 4.79 Å². The van der Waals surface area contributed by atoms with E-state index in [-0.39, 0.29) is 6.67 Å². The minimum absolute atomic E-state index is 0.177. The van der Waals surface area contributed by atoms with Crippen molar-refractivity contribution in [2.24, 2.45) is 0 Å². The number of carbonyl (C=O) groups is 1. The summed E-state index contributed by atoms with van der Waals surface area (Å²) in [5.74, 6) is -0.863. The lowest BCUT2D eigenvalue weighted by molar-refractivity contribution is -0.131. The first kappa shape index (κ1) is 16.1. The second-order valence-corrected chi connectivity index (χ2v) is 4.40. The number of hydrogen-bond donors (Lipinski definition) is 1. The van der Waals surface area contributed by atoms with Crippen molar-refractivity contribution in [2.45, 2.75) is 64.2 Å². The van der Waals surface area contributed by atoms with E-state index in [1.807, 2.05) is 0 Å². The first-order chi connectivity index (χ1) is 8.27. The Balaban J connectivity index is 3.01. The maximum absolute atomic E-state index is 11.8. The zero-order chi connectivity index (χ0) is 12.8. The van der Waals surface area contributed by atoms with Crippen molar-refractivity contribution in [2.75, 3.05) is 6.67 Å². The standard InChI is InChI=1S/C14H25FO2/c15-13-11-9-7-5-3-1-2-4-6-8-10-12-14(16)17/h10,12H,1-9,11,13H2,(H,16,17)/b12-10+. The highest BCUT2D eigenvalue weighted by Crippen LogP contribution is 2.10. The quantitative estimate of drug-likeness (QED) is 0.405. The molecule has 0 amide bonds. The summed E-state index contributed by atoms with van der Waals surface area (Å²) in [6.45, 7) is -0.177. The number of alkyl halides is 1. The highest BCUT2D eigenvalue weighted by Gasteiger charge is 1.92. The van der Waals surface area contributed by atoms with Crippen LogP contribution in [0.15, 0.2) is 12.2 Å². The molecule has 0 bridgehead atoms. The van der Waals surface area contributed by atoms with Crippen LogP contribution in [0.2, 0.25) is 0 Å². The van der Waals surface area contributed by atoms with Gasteiger partial charge in [0.05, 0.1) is 6.67 Å². The van der Waals surface area contributed by atoms with Crippen molar-refractivity contribution in [3.8, 4) is 0 Å². The van der Waals surface area contributed by atoms with Gasteiger partial charge in [0.1, 0.15) is 0 Å². The summed E-state index contributed by atoms with van der Waals surface area (Å²) in [7, 11) is 0. The molecule has 0 spiro atoms. The third-order valence-corrected chi connectivity index (χ3v) is 2.76. The summed E-state index contributed by atoms with van der Waals surface area (Å²) in [5, 5.41) is 8.36. The zero-order valence-electron chi connectivity index (χ0n) is 10.7. The van der Waals surface area contributed by atoms with Crippen LogP contribution in [0.1, 0.15) is 64.2 Å². The van der Waals surface area contributed by atoms with Gasteiger partial charge in [-0.2, -0.15) is 0 Å². The van der Waals surface area contributed by atoms with E-state index in [2.05, 4.69) is 0 Å². The maximum atomic E-state index is 11.8. The largest absolute Gasteiger partial charge is 0.478 e. The molecule has 0 saturated heterocycles. The zero-order valence-corrected chi connectivity index (χ0v) is 10.7. The Morgan fingerprint density at radius 1 is 0.882 bits per heavy atom. The summed E-state index contributed by atoms with van der Waals surface area (Å²) in [6.07, 6.45) is 13.9. The first-order valence-electron chi connectivity index (χ1n) is 6.73. The molecule has 0 aromatic heterocycles. The van der Waals surface area contributed by atoms with Gasteiger partial charge in [0.15, 0.2) is 0 Å². The SMILES string of the molecule is O=C(O)/C=C/CCCCCCCCCCCF. The van der Waals surface area contributed by atoms with Crippen LogP contribution in [0.25, 0.3) is 0 Å². The number of carboxylic acid groups (broad SMARTS) is 1. The second kappa shape index (κ2) is 13.2. The van der Waals surface area contributed by atoms with Crippen molar-refractivity contribution in [3.63, 3.8) is 0 Å². The van der Waals surface area contributed by atoms with Crippen molar-refractivity contribution >= 4 is 5.97 Å². The summed E-state index contributed by atoms with van der Waals surface area (Å²) in [4.78, 5) is 10.2. The molecule has 0 rings (SSSR count). The molecule has 0 aromatic carbocycles. The van der Waals surface area contributed by atoms with Crippen molar-refractivity contribution in [3.05, 3.63) is 12.2 Å². The number of allylic oxidation sites excluding steroid dienone is 1. The third-order valence-electron chi connectivity index (χ3n) is 2.76. The molecule has 0 unspecified atom stereocenters. The van der Waals surface area contributed by atoms with Gasteiger partial charge >= 0.3 is 5.97 Å². The number of halogens is 1. The fourth-order valence-electron chi connectivity index (χ4n) is 1.78. The molecule has 0 radical (unpaired) electrons. The molecule has 0 aliphatic heterocycles. The van der Waals surface area contributed by atoms with Gasteiger partial charge in [0.2, 0.25) is 0 Å². The molecular formula is C14H25FO2. The normalized spacial score (nSPS) is 11.1. The van der Waals surface area contributed by atoms with E-state index in [1.165, 1.54) is 38.2 Å². The van der Waals surface area contributed by atoms with Crippen LogP contribution in [0.4, 0.5) is 4.39 Å². The Morgan fingerprint density at radius 3 is 1.82 bits per heavy atom. The van der Waals surface area contributed by atoms with E-state index in [0.717, 1.165) is 32.1 Å². The number of unbranched alkanes of at least 4 members (excludes halogenated alkanes) is 9. The van der Waals surface area contributed by atoms with E-state index in [4.69, 9.17) is 5.11 Å². The van der Waals surface area contributed by atoms with Crippen LogP contribution < -0.4 is 0 Å². The molecule has 1 N–H and O–H groups in total. The number of carboxylic acids is 1. The number of rotatable bonds is 12. The fourth-order valence-corrected chi connectivity index (χ4v) is 1.78. The van der Waals surface area contributed by atoms with Crippen LogP contribution >= 0.6 is 0 Å². The predicted octanol–water partition coefficient (Wildman–Crippen LogP) is 4.50. The summed E-state index contributed by atoms with van der Waals surface area (Å²) in [6, 6.07) is 0. The Kier molecular flexibility index (Phi) is 12.5. The van der Waals surface area contributed by atoms with Crippen LogP contribution in [0.3, 0.4) is 0 Å². The minimum Gasteiger partial charge on any atom is -0.478 e. The molecule has 0 aliphatic carbocycles. The van der Waals surface area contributed by atoms with Gasteiger partial charge in [-0.15, -0.1) is 0 Å². The Labute approximate surface area is 104 Å². The topological polar surface area (TPSA) is 37.3 Å². The first-order valence-corrected chi connectivity index (χ1v) is 6.73. The lowest BCUT2D eigenvalue weighted by Crippen LogP contribution is -1.86. The lowest BCUT2D eigenvalue weighted by atomic mass is 10.1. The maximum Gasteiger partial charge on any atom is 0.327 e. The van der Waals surface area contributed by atoms with Gasteiger partial charge in [0, 0.05) is 6.08 Å². The molecule has 100 valence electrons. The molecule has 3 heteroatoms. The molecular weight excluding hydrogens is 219 g/mol. The number of aliphatic carboxylic acids is 1. The van der Waals surface area contributed by atoms with Gasteiger partial charge < -0.3 is 5.11 Å². The van der Waals surface area contributed by atoms with E-state index < -0.39 is 5.97 Å². The van der Waals surface area contributed by atoms with Crippen LogP contribution in [-0.4, -0.2) is 17.8 Å². The van der Waals surface area contributed by atoms with Crippen LogP contribution in [0.5, 0.6) is 0 Å². The Hall–Kier alpha value is -0.860. The molecule has 2 nitrogen and oxygen atoms in total. The Morgan fingerprint density at radius 2 is 1.35 bits per heavy atom. The lowest BCUT2D eigenvalue weighted by Gasteiger charge is -2.00. The Bertz CT molecular complexity index is 202. The van der Waals surface area contributed by atoms with Gasteiger partial charge in [-0.05, 0) is 19.3 Å². The highest BCUT2D eigenvalue weighted by atomic mass is 19.1. The van der Waals surface area contributed by atoms with Crippen LogP contribution in [0, 0.1) is 0 Å². The number of hydrogen-bond acceptors (Lipinski definition) is 1. The van der Waals surface area contributed by atoms with Gasteiger partial charge in [-0.1, -0.05) is 51.0 Å². The van der Waals surface area contributed by atoms with E-state index >= 15 is 0 Å². The molecule has 17 heavy (non-hydrogen) atoms. The predicted molar refractivity (Wildman–Crippen MR) is 68.9 cm³/mol. The summed E-state index contributed by atoms with van der Waals surface area (Å²) >= 11 is 0. The fraction of sp³-hybridized carbons (Fsp3) is 0.786. The second-order valence-electron chi connectivity index (χ2n) is 4.40. The molecule has 0 saturated carbocycles. The molecule has 0 aliphatic rings. The van der Waals surface area contributed by atoms with E-state index in [0.29, 0.717) is 0 Å². The molecule has 0 fully saturated rings. The van der Waals surface area contributed by atoms with Gasteiger partial charge in [0.25, 0.3) is 0 Å². The smallest absolute Gasteiger partial charge is 0.327 e. The molecule has 0 heterocycles. The van der Waals surface area contributed by atoms with Crippen molar-refractivity contribution in [1.29, 1.82) is 0 Å². The van der Waals surface area contributed by atoms with Crippen molar-refractivity contribution < 1.29 is 14.3 Å². The van der Waals surface area contributed by atoms with Crippen molar-refractivity contribution in [1.82, 2.24) is 0 Å². The summed E-state index contributed by atoms with van der Waals surface area (Å²) < 4.78 is 11.8. The highest BCUT2D eigenvalue weighted by molar-refractivity contribution is 5.79. The van der Waals surface area contributed by atoms with E-state index in [9.17, 15) is 9.18 Å². The van der Waals surface area contributed by atoms with E-state index in [1.54, 1.807) is 6.08 Å². The molecule has 0 atom stereocenters. The average molecular weight is 244 g/mol. The summed E-state index contributed by atoms with van der Waals surface area (Å²) in [5.41, 5.74) is 0. The monoisotopic (exact) mass is 244 g/mol.